The van der Waals surface area contributed by atoms with Gasteiger partial charge in [0.2, 0.25) is 5.91 Å². The summed E-state index contributed by atoms with van der Waals surface area (Å²) in [5.41, 5.74) is 7.34. The van der Waals surface area contributed by atoms with E-state index in [1.54, 1.807) is 0 Å². The highest BCUT2D eigenvalue weighted by Gasteiger charge is 2.32. The number of nitrogens with two attached hydrogens (primary N) is 1. The van der Waals surface area contributed by atoms with Gasteiger partial charge in [0.05, 0.1) is 26.3 Å². The lowest BCUT2D eigenvalue weighted by atomic mass is 9.95. The van der Waals surface area contributed by atoms with E-state index in [0.29, 0.717) is 0 Å². The molecule has 7 nitrogen and oxygen atoms in total. The number of quaternary nitrogens is 1. The van der Waals surface area contributed by atoms with E-state index in [0.717, 1.165) is 63.6 Å². The summed E-state index contributed by atoms with van der Waals surface area (Å²) >= 11 is 0. The third-order valence-electron chi connectivity index (χ3n) is 5.55. The van der Waals surface area contributed by atoms with Crippen molar-refractivity contribution < 1.29 is 19.2 Å². The Morgan fingerprint density at radius 3 is 2.38 bits per heavy atom. The molecule has 0 unspecified atom stereocenters. The van der Waals surface area contributed by atoms with Crippen LogP contribution in [0.2, 0.25) is 0 Å². The number of carbonyl (C=O) groups excluding carboxylic acids is 2. The fourth-order valence-corrected chi connectivity index (χ4v) is 3.72. The van der Waals surface area contributed by atoms with Crippen molar-refractivity contribution in [2.45, 2.75) is 25.8 Å². The van der Waals surface area contributed by atoms with Crippen molar-refractivity contribution in [3.8, 4) is 0 Å². The summed E-state index contributed by atoms with van der Waals surface area (Å²) in [6, 6.07) is 7.82. The van der Waals surface area contributed by atoms with E-state index in [1.807, 2.05) is 31.2 Å². The summed E-state index contributed by atoms with van der Waals surface area (Å²) in [6.45, 7) is 6.85. The van der Waals surface area contributed by atoms with Crippen LogP contribution in [0.25, 0.3) is 0 Å². The van der Waals surface area contributed by atoms with Crippen molar-refractivity contribution >= 4 is 23.2 Å². The molecule has 3 rings (SSSR count). The number of amides is 2. The first-order valence-corrected chi connectivity index (χ1v) is 9.42. The number of piperidine rings is 1. The second-order valence-electron chi connectivity index (χ2n) is 7.19. The van der Waals surface area contributed by atoms with Gasteiger partial charge >= 0.3 is 0 Å². The van der Waals surface area contributed by atoms with E-state index in [2.05, 4.69) is 10.2 Å². The first kappa shape index (κ1) is 18.7. The fraction of sp³-hybridized carbons (Fsp3) is 0.579. The molecule has 0 saturated carbocycles. The highest BCUT2D eigenvalue weighted by Crippen LogP contribution is 2.19. The Morgan fingerprint density at radius 1 is 1.19 bits per heavy atom. The van der Waals surface area contributed by atoms with Crippen molar-refractivity contribution in [3.05, 3.63) is 24.3 Å². The van der Waals surface area contributed by atoms with Gasteiger partial charge in [-0.15, -0.1) is 0 Å². The Labute approximate surface area is 154 Å². The first-order chi connectivity index (χ1) is 12.5. The van der Waals surface area contributed by atoms with Crippen molar-refractivity contribution in [3.63, 3.8) is 0 Å². The Morgan fingerprint density at radius 2 is 1.81 bits per heavy atom. The maximum atomic E-state index is 12.6. The molecule has 1 aromatic carbocycles. The molecule has 142 valence electrons. The predicted octanol–water partition coefficient (Wildman–Crippen LogP) is -0.370. The average Bonchev–Trinajstić information content (AvgIpc) is 2.68. The molecule has 2 heterocycles. The third-order valence-corrected chi connectivity index (χ3v) is 5.55. The molecule has 2 amide bonds. The number of hydrogen-bond acceptors (Lipinski definition) is 4. The van der Waals surface area contributed by atoms with E-state index in [4.69, 9.17) is 10.5 Å². The Hall–Kier alpha value is -2.12. The lowest BCUT2D eigenvalue weighted by Gasteiger charge is -2.31. The van der Waals surface area contributed by atoms with Crippen molar-refractivity contribution in [2.75, 3.05) is 49.6 Å². The fourth-order valence-electron chi connectivity index (χ4n) is 3.72. The molecule has 0 aliphatic carbocycles. The van der Waals surface area contributed by atoms with Crippen LogP contribution in [0.15, 0.2) is 24.3 Å². The summed E-state index contributed by atoms with van der Waals surface area (Å²) in [6.07, 6.45) is 1.52. The van der Waals surface area contributed by atoms with Gasteiger partial charge in [0, 0.05) is 43.2 Å². The zero-order chi connectivity index (χ0) is 18.5. The van der Waals surface area contributed by atoms with Crippen LogP contribution in [-0.2, 0) is 14.3 Å². The number of hydrogen-bond donors (Lipinski definition) is 3. The van der Waals surface area contributed by atoms with Crippen molar-refractivity contribution in [2.24, 2.45) is 11.7 Å². The maximum absolute atomic E-state index is 12.6. The zero-order valence-electron chi connectivity index (χ0n) is 15.4. The Balaban J connectivity index is 1.51. The molecule has 2 aliphatic rings. The van der Waals surface area contributed by atoms with Gasteiger partial charge < -0.3 is 25.6 Å². The lowest BCUT2D eigenvalue weighted by Crippen LogP contribution is -3.17. The SMILES string of the molecule is C[C@H](C(=O)Nc1ccc(N2CCOCC2)cc1)[NH+]1CCC(C(N)=O)CC1. The van der Waals surface area contributed by atoms with E-state index in [-0.39, 0.29) is 23.8 Å². The van der Waals surface area contributed by atoms with Crippen LogP contribution in [0.5, 0.6) is 0 Å². The molecule has 1 atom stereocenters. The quantitative estimate of drug-likeness (QED) is 0.668. The Kier molecular flexibility index (Phi) is 6.11. The van der Waals surface area contributed by atoms with Crippen LogP contribution in [-0.4, -0.2) is 57.2 Å². The number of likely N-dealkylation sites (tertiary alicyclic amines) is 1. The molecule has 2 aliphatic heterocycles. The number of benzene rings is 1. The number of nitrogens with one attached hydrogen (secondary N) is 2. The summed E-state index contributed by atoms with van der Waals surface area (Å²) in [4.78, 5) is 27.3. The number of nitrogens with zero attached hydrogens (tertiary/aromatic N) is 1. The number of primary amides is 1. The summed E-state index contributed by atoms with van der Waals surface area (Å²) in [7, 11) is 0. The molecule has 0 bridgehead atoms. The van der Waals surface area contributed by atoms with Gasteiger partial charge in [-0.05, 0) is 31.2 Å². The van der Waals surface area contributed by atoms with Gasteiger partial charge in [-0.3, -0.25) is 9.59 Å². The lowest BCUT2D eigenvalue weighted by molar-refractivity contribution is -0.919. The maximum Gasteiger partial charge on any atom is 0.282 e. The number of rotatable bonds is 5. The molecule has 0 aromatic heterocycles. The van der Waals surface area contributed by atoms with E-state index in [9.17, 15) is 9.59 Å². The molecule has 2 saturated heterocycles. The van der Waals surface area contributed by atoms with Gasteiger partial charge in [0.1, 0.15) is 0 Å². The van der Waals surface area contributed by atoms with Crippen LogP contribution in [0.3, 0.4) is 0 Å². The summed E-state index contributed by atoms with van der Waals surface area (Å²) < 4.78 is 5.37. The molecule has 2 fully saturated rings. The monoisotopic (exact) mass is 361 g/mol. The number of morpholine rings is 1. The second-order valence-corrected chi connectivity index (χ2v) is 7.19. The normalized spacial score (nSPS) is 24.7. The largest absolute Gasteiger partial charge is 0.378 e. The van der Waals surface area contributed by atoms with E-state index >= 15 is 0 Å². The third kappa shape index (κ3) is 4.53. The van der Waals surface area contributed by atoms with Gasteiger partial charge in [-0.2, -0.15) is 0 Å². The molecular weight excluding hydrogens is 332 g/mol. The van der Waals surface area contributed by atoms with Gasteiger partial charge in [0.15, 0.2) is 6.04 Å². The standard InChI is InChI=1S/C19H28N4O3/c1-14(22-8-6-15(7-9-22)18(20)24)19(25)21-16-2-4-17(5-3-16)23-10-12-26-13-11-23/h2-5,14-15H,6-13H2,1H3,(H2,20,24)(H,21,25)/p+1/t14-/m1/s1. The average molecular weight is 361 g/mol. The van der Waals surface area contributed by atoms with Gasteiger partial charge in [-0.25, -0.2) is 0 Å². The highest BCUT2D eigenvalue weighted by atomic mass is 16.5. The second kappa shape index (κ2) is 8.51. The van der Waals surface area contributed by atoms with E-state index < -0.39 is 0 Å². The minimum atomic E-state index is -0.221. The molecule has 1 aromatic rings. The van der Waals surface area contributed by atoms with Crippen LogP contribution >= 0.6 is 0 Å². The molecule has 7 heteroatoms. The smallest absolute Gasteiger partial charge is 0.282 e. The van der Waals surface area contributed by atoms with Crippen LogP contribution < -0.4 is 20.9 Å². The van der Waals surface area contributed by atoms with Crippen LogP contribution in [0.1, 0.15) is 19.8 Å². The predicted molar refractivity (Wildman–Crippen MR) is 100 cm³/mol. The minimum absolute atomic E-state index is 0.0108. The molecule has 0 radical (unpaired) electrons. The minimum Gasteiger partial charge on any atom is -0.378 e. The summed E-state index contributed by atoms with van der Waals surface area (Å²) in [5.74, 6) is -0.250. The number of ether oxygens (including phenoxy) is 1. The van der Waals surface area contributed by atoms with Gasteiger partial charge in [0.25, 0.3) is 5.91 Å². The van der Waals surface area contributed by atoms with Crippen molar-refractivity contribution in [1.29, 1.82) is 0 Å². The van der Waals surface area contributed by atoms with Crippen molar-refractivity contribution in [1.82, 2.24) is 0 Å². The Bertz CT molecular complexity index is 620. The van der Waals surface area contributed by atoms with Crippen LogP contribution in [0.4, 0.5) is 11.4 Å². The molecular formula is C19H29N4O3+. The van der Waals surface area contributed by atoms with Crippen LogP contribution in [0, 0.1) is 5.92 Å². The highest BCUT2D eigenvalue weighted by molar-refractivity contribution is 5.93. The topological polar surface area (TPSA) is 89.1 Å². The first-order valence-electron chi connectivity index (χ1n) is 9.42. The van der Waals surface area contributed by atoms with Gasteiger partial charge in [-0.1, -0.05) is 0 Å². The zero-order valence-corrected chi connectivity index (χ0v) is 15.4. The molecule has 26 heavy (non-hydrogen) atoms. The molecule has 4 N–H and O–H groups in total. The number of anilines is 2. The molecule has 0 spiro atoms. The van der Waals surface area contributed by atoms with E-state index in [1.165, 1.54) is 4.90 Å². The number of carbonyl (C=O) groups is 2. The summed E-state index contributed by atoms with van der Waals surface area (Å²) in [5, 5.41) is 3.01.